The van der Waals surface area contributed by atoms with Gasteiger partial charge in [-0.3, -0.25) is 4.79 Å². The van der Waals surface area contributed by atoms with Gasteiger partial charge in [0.05, 0.1) is 6.61 Å². The molecule has 0 aliphatic carbocycles. The van der Waals surface area contributed by atoms with Gasteiger partial charge in [-0.25, -0.2) is 0 Å². The van der Waals surface area contributed by atoms with E-state index in [1.807, 2.05) is 13.8 Å². The molecule has 0 aromatic heterocycles. The standard InChI is InChI=1S/C13H28N2O4/c1-4-18-13(19-5-2)7-9-14-8-6-12(16)15-10-11-17-3/h13-14H,4-11H2,1-3H3,(H,15,16). The first-order chi connectivity index (χ1) is 9.24. The van der Waals surface area contributed by atoms with E-state index in [0.29, 0.717) is 39.3 Å². The summed E-state index contributed by atoms with van der Waals surface area (Å²) in [6, 6.07) is 0. The van der Waals surface area contributed by atoms with E-state index in [1.54, 1.807) is 7.11 Å². The van der Waals surface area contributed by atoms with Gasteiger partial charge in [0.25, 0.3) is 0 Å². The highest BCUT2D eigenvalue weighted by Gasteiger charge is 2.07. The Balaban J connectivity index is 3.44. The van der Waals surface area contributed by atoms with Crippen LogP contribution in [-0.2, 0) is 19.0 Å². The van der Waals surface area contributed by atoms with Crippen LogP contribution in [0.15, 0.2) is 0 Å². The molecule has 0 saturated heterocycles. The van der Waals surface area contributed by atoms with Crippen molar-refractivity contribution in [2.45, 2.75) is 33.0 Å². The summed E-state index contributed by atoms with van der Waals surface area (Å²) in [6.45, 7) is 7.72. The maximum absolute atomic E-state index is 11.4. The van der Waals surface area contributed by atoms with Crippen LogP contribution in [0.25, 0.3) is 0 Å². The number of methoxy groups -OCH3 is 1. The first kappa shape index (κ1) is 18.3. The molecule has 0 aliphatic heterocycles. The zero-order valence-corrected chi connectivity index (χ0v) is 12.4. The Morgan fingerprint density at radius 1 is 1.11 bits per heavy atom. The highest BCUT2D eigenvalue weighted by atomic mass is 16.7. The molecule has 0 heterocycles. The average molecular weight is 276 g/mol. The second kappa shape index (κ2) is 13.7. The van der Waals surface area contributed by atoms with Crippen LogP contribution in [-0.4, -0.2) is 58.8 Å². The molecule has 1 amide bonds. The van der Waals surface area contributed by atoms with Crippen LogP contribution in [0.2, 0.25) is 0 Å². The number of nitrogens with one attached hydrogen (secondary N) is 2. The van der Waals surface area contributed by atoms with Gasteiger partial charge in [-0.2, -0.15) is 0 Å². The summed E-state index contributed by atoms with van der Waals surface area (Å²) >= 11 is 0. The van der Waals surface area contributed by atoms with Crippen LogP contribution in [0.1, 0.15) is 26.7 Å². The Kier molecular flexibility index (Phi) is 13.2. The molecule has 0 aliphatic rings. The molecule has 6 heteroatoms. The van der Waals surface area contributed by atoms with Crippen molar-refractivity contribution in [1.82, 2.24) is 10.6 Å². The second-order valence-corrected chi connectivity index (χ2v) is 3.97. The lowest BCUT2D eigenvalue weighted by Crippen LogP contribution is -2.31. The molecule has 0 atom stereocenters. The number of hydrogen-bond donors (Lipinski definition) is 2. The Bertz CT molecular complexity index is 209. The summed E-state index contributed by atoms with van der Waals surface area (Å²) in [6.07, 6.45) is 1.10. The van der Waals surface area contributed by atoms with Crippen molar-refractivity contribution >= 4 is 5.91 Å². The molecule has 19 heavy (non-hydrogen) atoms. The zero-order chi connectivity index (χ0) is 14.3. The van der Waals surface area contributed by atoms with Crippen LogP contribution in [0, 0.1) is 0 Å². The normalized spacial score (nSPS) is 10.9. The number of rotatable bonds is 13. The van der Waals surface area contributed by atoms with Gasteiger partial charge in [0.15, 0.2) is 6.29 Å². The number of hydrogen-bond acceptors (Lipinski definition) is 5. The van der Waals surface area contributed by atoms with Gasteiger partial charge in [-0.1, -0.05) is 0 Å². The molecule has 0 spiro atoms. The van der Waals surface area contributed by atoms with Crippen molar-refractivity contribution in [3.63, 3.8) is 0 Å². The molecular weight excluding hydrogens is 248 g/mol. The fourth-order valence-corrected chi connectivity index (χ4v) is 1.51. The van der Waals surface area contributed by atoms with Crippen molar-refractivity contribution in [3.8, 4) is 0 Å². The molecule has 0 unspecified atom stereocenters. The van der Waals surface area contributed by atoms with Gasteiger partial charge in [-0.15, -0.1) is 0 Å². The van der Waals surface area contributed by atoms with Gasteiger partial charge in [0.1, 0.15) is 0 Å². The SMILES string of the molecule is CCOC(CCNCCC(=O)NCCOC)OCC. The molecule has 6 nitrogen and oxygen atoms in total. The van der Waals surface area contributed by atoms with Gasteiger partial charge >= 0.3 is 0 Å². The molecule has 0 fully saturated rings. The third kappa shape index (κ3) is 12.1. The summed E-state index contributed by atoms with van der Waals surface area (Å²) in [4.78, 5) is 11.4. The molecule has 0 aromatic carbocycles. The Labute approximate surface area is 116 Å². The van der Waals surface area contributed by atoms with Crippen LogP contribution in [0.3, 0.4) is 0 Å². The van der Waals surface area contributed by atoms with E-state index < -0.39 is 0 Å². The van der Waals surface area contributed by atoms with E-state index in [2.05, 4.69) is 10.6 Å². The molecule has 2 N–H and O–H groups in total. The number of carbonyl (C=O) groups excluding carboxylic acids is 1. The summed E-state index contributed by atoms with van der Waals surface area (Å²) in [5.41, 5.74) is 0. The molecule has 114 valence electrons. The van der Waals surface area contributed by atoms with Crippen molar-refractivity contribution < 1.29 is 19.0 Å². The molecule has 0 aromatic rings. The fraction of sp³-hybridized carbons (Fsp3) is 0.923. The van der Waals surface area contributed by atoms with Gasteiger partial charge in [-0.05, 0) is 20.4 Å². The highest BCUT2D eigenvalue weighted by molar-refractivity contribution is 5.75. The van der Waals surface area contributed by atoms with E-state index in [-0.39, 0.29) is 12.2 Å². The molecule has 0 rings (SSSR count). The maximum Gasteiger partial charge on any atom is 0.221 e. The Hall–Kier alpha value is -0.690. The third-order valence-corrected chi connectivity index (χ3v) is 2.42. The van der Waals surface area contributed by atoms with Crippen molar-refractivity contribution in [2.24, 2.45) is 0 Å². The van der Waals surface area contributed by atoms with E-state index >= 15 is 0 Å². The lowest BCUT2D eigenvalue weighted by molar-refractivity contribution is -0.138. The first-order valence-electron chi connectivity index (χ1n) is 6.94. The summed E-state index contributed by atoms with van der Waals surface area (Å²) in [7, 11) is 1.61. The lowest BCUT2D eigenvalue weighted by Gasteiger charge is -2.16. The van der Waals surface area contributed by atoms with Crippen molar-refractivity contribution in [3.05, 3.63) is 0 Å². The van der Waals surface area contributed by atoms with Crippen molar-refractivity contribution in [1.29, 1.82) is 0 Å². The highest BCUT2D eigenvalue weighted by Crippen LogP contribution is 1.99. The zero-order valence-electron chi connectivity index (χ0n) is 12.4. The average Bonchev–Trinajstić information content (AvgIpc) is 2.39. The second-order valence-electron chi connectivity index (χ2n) is 3.97. The Morgan fingerprint density at radius 3 is 2.37 bits per heavy atom. The van der Waals surface area contributed by atoms with Gasteiger partial charge in [0, 0.05) is 46.3 Å². The lowest BCUT2D eigenvalue weighted by atomic mass is 10.3. The minimum absolute atomic E-state index is 0.0377. The summed E-state index contributed by atoms with van der Waals surface area (Å²) in [5.74, 6) is 0.0377. The first-order valence-corrected chi connectivity index (χ1v) is 6.94. The summed E-state index contributed by atoms with van der Waals surface area (Å²) < 4.78 is 15.7. The predicted molar refractivity (Wildman–Crippen MR) is 74.0 cm³/mol. The monoisotopic (exact) mass is 276 g/mol. The smallest absolute Gasteiger partial charge is 0.221 e. The third-order valence-electron chi connectivity index (χ3n) is 2.42. The summed E-state index contributed by atoms with van der Waals surface area (Å²) in [5, 5.41) is 5.97. The van der Waals surface area contributed by atoms with Crippen LogP contribution >= 0.6 is 0 Å². The largest absolute Gasteiger partial charge is 0.383 e. The van der Waals surface area contributed by atoms with Crippen LogP contribution in [0.5, 0.6) is 0 Å². The Morgan fingerprint density at radius 2 is 1.79 bits per heavy atom. The quantitative estimate of drug-likeness (QED) is 0.379. The van der Waals surface area contributed by atoms with E-state index in [1.165, 1.54) is 0 Å². The topological polar surface area (TPSA) is 68.8 Å². The van der Waals surface area contributed by atoms with E-state index in [4.69, 9.17) is 14.2 Å². The minimum Gasteiger partial charge on any atom is -0.383 e. The molecule has 0 saturated carbocycles. The van der Waals surface area contributed by atoms with Gasteiger partial charge < -0.3 is 24.8 Å². The predicted octanol–water partition coefficient (Wildman–Crippen LogP) is 0.518. The maximum atomic E-state index is 11.4. The number of amides is 1. The molecular formula is C13H28N2O4. The van der Waals surface area contributed by atoms with Crippen LogP contribution < -0.4 is 10.6 Å². The van der Waals surface area contributed by atoms with Gasteiger partial charge in [0.2, 0.25) is 5.91 Å². The van der Waals surface area contributed by atoms with E-state index in [9.17, 15) is 4.79 Å². The molecule has 0 radical (unpaired) electrons. The number of ether oxygens (including phenoxy) is 3. The minimum atomic E-state index is -0.155. The van der Waals surface area contributed by atoms with Crippen LogP contribution in [0.4, 0.5) is 0 Å². The molecule has 0 bridgehead atoms. The fourth-order valence-electron chi connectivity index (χ4n) is 1.51. The van der Waals surface area contributed by atoms with E-state index in [0.717, 1.165) is 13.0 Å². The number of carbonyl (C=O) groups is 1. The van der Waals surface area contributed by atoms with Crippen molar-refractivity contribution in [2.75, 3.05) is 46.6 Å².